The van der Waals surface area contributed by atoms with Crippen molar-refractivity contribution in [1.82, 2.24) is 4.98 Å². The van der Waals surface area contributed by atoms with Crippen LogP contribution in [0.2, 0.25) is 5.02 Å². The first kappa shape index (κ1) is 17.0. The van der Waals surface area contributed by atoms with Crippen LogP contribution in [0.3, 0.4) is 0 Å². The summed E-state index contributed by atoms with van der Waals surface area (Å²) in [7, 11) is 2.92. The van der Waals surface area contributed by atoms with Crippen LogP contribution in [0, 0.1) is 0 Å². The van der Waals surface area contributed by atoms with Gasteiger partial charge in [0, 0.05) is 16.5 Å². The number of nitrogens with zero attached hydrogens (tertiary/aromatic N) is 1. The van der Waals surface area contributed by atoms with E-state index in [0.717, 1.165) is 16.7 Å². The van der Waals surface area contributed by atoms with Crippen LogP contribution in [-0.4, -0.2) is 25.2 Å². The lowest BCUT2D eigenvalue weighted by Crippen LogP contribution is -2.06. The largest absolute Gasteiger partial charge is 0.497 e. The molecule has 0 saturated carbocycles. The maximum Gasteiger partial charge on any atom is 0.356 e. The summed E-state index contributed by atoms with van der Waals surface area (Å²) < 4.78 is 15.9. The van der Waals surface area contributed by atoms with Crippen molar-refractivity contribution in [1.29, 1.82) is 0 Å². The number of hydrogen-bond donors (Lipinski definition) is 0. The van der Waals surface area contributed by atoms with Crippen molar-refractivity contribution in [3.8, 4) is 11.5 Å². The van der Waals surface area contributed by atoms with Crippen LogP contribution in [-0.2, 0) is 11.3 Å². The SMILES string of the molecule is COC(=O)c1cc(OCc2cccc(OC)c2)c2cc(Cl)ccc2n1. The van der Waals surface area contributed by atoms with E-state index >= 15 is 0 Å². The minimum Gasteiger partial charge on any atom is -0.497 e. The summed E-state index contributed by atoms with van der Waals surface area (Å²) in [5, 5.41) is 1.29. The minimum absolute atomic E-state index is 0.179. The van der Waals surface area contributed by atoms with Crippen molar-refractivity contribution in [2.75, 3.05) is 14.2 Å². The number of esters is 1. The van der Waals surface area contributed by atoms with Crippen LogP contribution in [0.5, 0.6) is 11.5 Å². The Morgan fingerprint density at radius 2 is 1.96 bits per heavy atom. The molecule has 0 amide bonds. The third-order valence-corrected chi connectivity index (χ3v) is 3.89. The second-order valence-corrected chi connectivity index (χ2v) is 5.74. The van der Waals surface area contributed by atoms with Gasteiger partial charge in [0.1, 0.15) is 18.1 Å². The van der Waals surface area contributed by atoms with Gasteiger partial charge in [0.25, 0.3) is 0 Å². The van der Waals surface area contributed by atoms with Crippen LogP contribution < -0.4 is 9.47 Å². The second-order valence-electron chi connectivity index (χ2n) is 5.30. The quantitative estimate of drug-likeness (QED) is 0.638. The molecule has 0 N–H and O–H groups in total. The zero-order chi connectivity index (χ0) is 17.8. The van der Waals surface area contributed by atoms with E-state index in [4.69, 9.17) is 25.8 Å². The molecule has 6 heteroatoms. The summed E-state index contributed by atoms with van der Waals surface area (Å²) in [5.41, 5.74) is 1.72. The number of aromatic nitrogens is 1. The van der Waals surface area contributed by atoms with Crippen LogP contribution >= 0.6 is 11.6 Å². The molecule has 0 bridgehead atoms. The molecule has 0 unspecified atom stereocenters. The number of rotatable bonds is 5. The molecule has 0 spiro atoms. The third-order valence-electron chi connectivity index (χ3n) is 3.66. The number of halogens is 1. The van der Waals surface area contributed by atoms with E-state index in [1.807, 2.05) is 24.3 Å². The van der Waals surface area contributed by atoms with Crippen molar-refractivity contribution in [3.05, 3.63) is 64.8 Å². The van der Waals surface area contributed by atoms with Crippen LogP contribution in [0.1, 0.15) is 16.1 Å². The number of fused-ring (bicyclic) bond motifs is 1. The summed E-state index contributed by atoms with van der Waals surface area (Å²) in [6.45, 7) is 0.309. The van der Waals surface area contributed by atoms with E-state index in [1.54, 1.807) is 31.4 Å². The monoisotopic (exact) mass is 357 g/mol. The average molecular weight is 358 g/mol. The summed E-state index contributed by atoms with van der Waals surface area (Å²) >= 11 is 6.09. The van der Waals surface area contributed by atoms with E-state index < -0.39 is 5.97 Å². The van der Waals surface area contributed by atoms with Gasteiger partial charge >= 0.3 is 5.97 Å². The molecule has 25 heavy (non-hydrogen) atoms. The highest BCUT2D eigenvalue weighted by Gasteiger charge is 2.14. The molecular weight excluding hydrogens is 342 g/mol. The lowest BCUT2D eigenvalue weighted by Gasteiger charge is -2.12. The highest BCUT2D eigenvalue weighted by Crippen LogP contribution is 2.29. The van der Waals surface area contributed by atoms with Gasteiger partial charge in [0.05, 0.1) is 19.7 Å². The fourth-order valence-corrected chi connectivity index (χ4v) is 2.59. The van der Waals surface area contributed by atoms with Crippen molar-refractivity contribution in [2.45, 2.75) is 6.61 Å². The highest BCUT2D eigenvalue weighted by atomic mass is 35.5. The van der Waals surface area contributed by atoms with E-state index in [0.29, 0.717) is 22.9 Å². The van der Waals surface area contributed by atoms with Crippen LogP contribution in [0.25, 0.3) is 10.9 Å². The van der Waals surface area contributed by atoms with E-state index in [1.165, 1.54) is 7.11 Å². The Morgan fingerprint density at radius 3 is 2.72 bits per heavy atom. The number of carbonyl (C=O) groups excluding carboxylic acids is 1. The molecule has 0 saturated heterocycles. The Balaban J connectivity index is 1.97. The summed E-state index contributed by atoms with van der Waals surface area (Å²) in [5.74, 6) is 0.734. The number of carbonyl (C=O) groups is 1. The summed E-state index contributed by atoms with van der Waals surface area (Å²) in [4.78, 5) is 16.1. The lowest BCUT2D eigenvalue weighted by molar-refractivity contribution is 0.0594. The zero-order valence-electron chi connectivity index (χ0n) is 13.8. The molecule has 0 atom stereocenters. The molecule has 2 aromatic carbocycles. The van der Waals surface area contributed by atoms with Gasteiger partial charge in [-0.2, -0.15) is 0 Å². The molecule has 128 valence electrons. The lowest BCUT2D eigenvalue weighted by atomic mass is 10.1. The third kappa shape index (κ3) is 3.83. The topological polar surface area (TPSA) is 57.7 Å². The fraction of sp³-hybridized carbons (Fsp3) is 0.158. The Bertz CT molecular complexity index is 926. The van der Waals surface area contributed by atoms with Gasteiger partial charge in [-0.3, -0.25) is 0 Å². The predicted molar refractivity (Wildman–Crippen MR) is 95.4 cm³/mol. The molecule has 0 aliphatic carbocycles. The first-order chi connectivity index (χ1) is 12.1. The van der Waals surface area contributed by atoms with Gasteiger partial charge in [0.15, 0.2) is 5.69 Å². The molecule has 1 heterocycles. The van der Waals surface area contributed by atoms with E-state index in [9.17, 15) is 4.79 Å². The Labute approximate surface area is 150 Å². The average Bonchev–Trinajstić information content (AvgIpc) is 2.65. The highest BCUT2D eigenvalue weighted by molar-refractivity contribution is 6.31. The van der Waals surface area contributed by atoms with Crippen LogP contribution in [0.15, 0.2) is 48.5 Å². The minimum atomic E-state index is -0.525. The molecule has 3 aromatic rings. The second kappa shape index (κ2) is 7.40. The molecule has 0 aliphatic rings. The van der Waals surface area contributed by atoms with E-state index in [2.05, 4.69) is 4.98 Å². The number of methoxy groups -OCH3 is 2. The molecular formula is C19H16ClNO4. The van der Waals surface area contributed by atoms with Gasteiger partial charge in [-0.15, -0.1) is 0 Å². The van der Waals surface area contributed by atoms with Gasteiger partial charge in [-0.1, -0.05) is 23.7 Å². The zero-order valence-corrected chi connectivity index (χ0v) is 14.5. The van der Waals surface area contributed by atoms with Crippen molar-refractivity contribution in [3.63, 3.8) is 0 Å². The van der Waals surface area contributed by atoms with Gasteiger partial charge in [-0.05, 0) is 35.9 Å². The van der Waals surface area contributed by atoms with Crippen molar-refractivity contribution < 1.29 is 19.0 Å². The first-order valence-electron chi connectivity index (χ1n) is 7.55. The normalized spacial score (nSPS) is 10.5. The maximum atomic E-state index is 11.9. The Hall–Kier alpha value is -2.79. The summed E-state index contributed by atoms with van der Waals surface area (Å²) in [6, 6.07) is 14.3. The number of ether oxygens (including phenoxy) is 3. The van der Waals surface area contributed by atoms with Crippen molar-refractivity contribution >= 4 is 28.5 Å². The molecule has 1 aromatic heterocycles. The van der Waals surface area contributed by atoms with Gasteiger partial charge < -0.3 is 14.2 Å². The molecule has 0 fully saturated rings. The smallest absolute Gasteiger partial charge is 0.356 e. The molecule has 0 radical (unpaired) electrons. The maximum absolute atomic E-state index is 11.9. The molecule has 5 nitrogen and oxygen atoms in total. The fourth-order valence-electron chi connectivity index (χ4n) is 2.42. The molecule has 0 aliphatic heterocycles. The van der Waals surface area contributed by atoms with Gasteiger partial charge in [-0.25, -0.2) is 9.78 Å². The predicted octanol–water partition coefficient (Wildman–Crippen LogP) is 4.26. The molecule has 3 rings (SSSR count). The van der Waals surface area contributed by atoms with Crippen LogP contribution in [0.4, 0.5) is 0 Å². The summed E-state index contributed by atoms with van der Waals surface area (Å²) in [6.07, 6.45) is 0. The van der Waals surface area contributed by atoms with Gasteiger partial charge in [0.2, 0.25) is 0 Å². The first-order valence-corrected chi connectivity index (χ1v) is 7.93. The Kier molecular flexibility index (Phi) is 5.05. The van der Waals surface area contributed by atoms with E-state index in [-0.39, 0.29) is 5.69 Å². The number of hydrogen-bond acceptors (Lipinski definition) is 5. The standard InChI is InChI=1S/C19H16ClNO4/c1-23-14-5-3-4-12(8-14)11-25-18-10-17(19(22)24-2)21-16-7-6-13(20)9-15(16)18/h3-10H,11H2,1-2H3. The number of pyridine rings is 1. The Morgan fingerprint density at radius 1 is 1.12 bits per heavy atom. The van der Waals surface area contributed by atoms with Crippen molar-refractivity contribution in [2.24, 2.45) is 0 Å². The number of benzene rings is 2.